The minimum absolute atomic E-state index is 0.467. The predicted octanol–water partition coefficient (Wildman–Crippen LogP) is 4.34. The topological polar surface area (TPSA) is 49.2 Å². The third kappa shape index (κ3) is 3.85. The zero-order valence-corrected chi connectivity index (χ0v) is 15.2. The largest absolute Gasteiger partial charge is 0.372 e. The van der Waals surface area contributed by atoms with Crippen LogP contribution in [0.3, 0.4) is 0 Å². The number of hydrogen-bond donors (Lipinski definition) is 1. The summed E-state index contributed by atoms with van der Waals surface area (Å²) in [6, 6.07) is 18.2. The number of nitrogens with zero attached hydrogens (tertiary/aromatic N) is 4. The van der Waals surface area contributed by atoms with Crippen LogP contribution in [0.5, 0.6) is 0 Å². The molecule has 2 aromatic carbocycles. The van der Waals surface area contributed by atoms with Crippen LogP contribution in [0.4, 0.5) is 5.69 Å². The minimum atomic E-state index is 0.467. The normalized spacial score (nSPS) is 11.1. The number of benzene rings is 2. The molecule has 0 fully saturated rings. The van der Waals surface area contributed by atoms with E-state index in [9.17, 15) is 0 Å². The number of anilines is 1. The standard InChI is InChI=1S/C19H21N5S/c1-3-23(4-2)17-12-10-15(11-13-17)14-20-24-18(21-22-19(24)25)16-8-6-5-7-9-16/h5-14H,3-4H2,1-2H3,(H,22,25)/b20-14+. The van der Waals surface area contributed by atoms with Crippen molar-refractivity contribution in [1.29, 1.82) is 0 Å². The lowest BCUT2D eigenvalue weighted by molar-refractivity contribution is 0.865. The van der Waals surface area contributed by atoms with Crippen molar-refractivity contribution >= 4 is 24.1 Å². The molecular weight excluding hydrogens is 330 g/mol. The molecule has 25 heavy (non-hydrogen) atoms. The molecule has 0 saturated heterocycles. The lowest BCUT2D eigenvalue weighted by Gasteiger charge is -2.20. The fraction of sp³-hybridized carbons (Fsp3) is 0.211. The van der Waals surface area contributed by atoms with Crippen LogP contribution in [0.15, 0.2) is 59.7 Å². The van der Waals surface area contributed by atoms with Gasteiger partial charge in [-0.3, -0.25) is 0 Å². The Morgan fingerprint density at radius 1 is 1.08 bits per heavy atom. The highest BCUT2D eigenvalue weighted by atomic mass is 32.1. The fourth-order valence-corrected chi connectivity index (χ4v) is 2.84. The monoisotopic (exact) mass is 351 g/mol. The smallest absolute Gasteiger partial charge is 0.216 e. The van der Waals surface area contributed by atoms with Crippen molar-refractivity contribution in [2.24, 2.45) is 5.10 Å². The van der Waals surface area contributed by atoms with Crippen molar-refractivity contribution in [2.45, 2.75) is 13.8 Å². The number of nitrogens with one attached hydrogen (secondary N) is 1. The maximum Gasteiger partial charge on any atom is 0.216 e. The van der Waals surface area contributed by atoms with E-state index in [0.29, 0.717) is 10.6 Å². The van der Waals surface area contributed by atoms with Crippen molar-refractivity contribution in [3.8, 4) is 11.4 Å². The number of H-pyrrole nitrogens is 1. The number of hydrogen-bond acceptors (Lipinski definition) is 4. The highest BCUT2D eigenvalue weighted by molar-refractivity contribution is 7.71. The van der Waals surface area contributed by atoms with Gasteiger partial charge in [0.1, 0.15) is 0 Å². The molecule has 3 aromatic rings. The van der Waals surface area contributed by atoms with Crippen molar-refractivity contribution < 1.29 is 0 Å². The van der Waals surface area contributed by atoms with Crippen LogP contribution in [0.1, 0.15) is 19.4 Å². The van der Waals surface area contributed by atoms with Crippen LogP contribution in [-0.2, 0) is 0 Å². The van der Waals surface area contributed by atoms with E-state index in [1.54, 1.807) is 10.9 Å². The summed E-state index contributed by atoms with van der Waals surface area (Å²) in [7, 11) is 0. The van der Waals surface area contributed by atoms with Crippen LogP contribution >= 0.6 is 12.2 Å². The minimum Gasteiger partial charge on any atom is -0.372 e. The molecule has 0 aliphatic rings. The summed E-state index contributed by atoms with van der Waals surface area (Å²) in [6.07, 6.45) is 1.80. The Bertz CT molecular complexity index is 890. The van der Waals surface area contributed by atoms with Gasteiger partial charge in [-0.25, -0.2) is 5.10 Å². The fourth-order valence-electron chi connectivity index (χ4n) is 2.66. The van der Waals surface area contributed by atoms with Crippen LogP contribution in [0.25, 0.3) is 11.4 Å². The molecule has 1 N–H and O–H groups in total. The van der Waals surface area contributed by atoms with Crippen molar-refractivity contribution in [2.75, 3.05) is 18.0 Å². The zero-order valence-electron chi connectivity index (χ0n) is 14.4. The summed E-state index contributed by atoms with van der Waals surface area (Å²) < 4.78 is 2.11. The third-order valence-electron chi connectivity index (χ3n) is 4.03. The second kappa shape index (κ2) is 7.90. The molecule has 0 amide bonds. The maximum atomic E-state index is 5.30. The molecule has 0 bridgehead atoms. The van der Waals surface area contributed by atoms with Gasteiger partial charge in [-0.2, -0.15) is 14.9 Å². The van der Waals surface area contributed by atoms with Gasteiger partial charge in [0.25, 0.3) is 0 Å². The molecule has 0 saturated carbocycles. The first-order valence-corrected chi connectivity index (χ1v) is 8.76. The van der Waals surface area contributed by atoms with E-state index >= 15 is 0 Å². The Labute approximate surface area is 152 Å². The van der Waals surface area contributed by atoms with Gasteiger partial charge in [-0.1, -0.05) is 42.5 Å². The molecule has 3 rings (SSSR count). The second-order valence-corrected chi connectivity index (χ2v) is 5.93. The second-order valence-electron chi connectivity index (χ2n) is 5.54. The van der Waals surface area contributed by atoms with E-state index in [2.05, 4.69) is 58.3 Å². The van der Waals surface area contributed by atoms with E-state index in [4.69, 9.17) is 12.2 Å². The van der Waals surface area contributed by atoms with Gasteiger partial charge in [0, 0.05) is 24.3 Å². The van der Waals surface area contributed by atoms with Gasteiger partial charge in [0.05, 0.1) is 6.21 Å². The first-order chi connectivity index (χ1) is 12.2. The Kier molecular flexibility index (Phi) is 5.40. The average molecular weight is 351 g/mol. The summed E-state index contributed by atoms with van der Waals surface area (Å²) in [5, 5.41) is 11.6. The molecule has 6 heteroatoms. The lowest BCUT2D eigenvalue weighted by Crippen LogP contribution is -2.21. The Morgan fingerprint density at radius 3 is 2.40 bits per heavy atom. The van der Waals surface area contributed by atoms with Crippen molar-refractivity contribution in [3.63, 3.8) is 0 Å². The van der Waals surface area contributed by atoms with E-state index in [0.717, 1.165) is 24.2 Å². The van der Waals surface area contributed by atoms with Crippen molar-refractivity contribution in [3.05, 3.63) is 64.9 Å². The van der Waals surface area contributed by atoms with Crippen LogP contribution in [0.2, 0.25) is 0 Å². The third-order valence-corrected chi connectivity index (χ3v) is 4.29. The SMILES string of the molecule is CCN(CC)c1ccc(/C=N/n2c(-c3ccccc3)n[nH]c2=S)cc1. The Hall–Kier alpha value is -2.73. The number of rotatable bonds is 6. The molecular formula is C19H21N5S. The van der Waals surface area contributed by atoms with Crippen molar-refractivity contribution in [1.82, 2.24) is 14.9 Å². The predicted molar refractivity (Wildman–Crippen MR) is 106 cm³/mol. The van der Waals surface area contributed by atoms with E-state index in [1.807, 2.05) is 30.3 Å². The summed E-state index contributed by atoms with van der Waals surface area (Å²) in [6.45, 7) is 6.30. The quantitative estimate of drug-likeness (QED) is 0.531. The highest BCUT2D eigenvalue weighted by Crippen LogP contribution is 2.17. The van der Waals surface area contributed by atoms with Gasteiger partial charge < -0.3 is 4.90 Å². The maximum absolute atomic E-state index is 5.30. The van der Waals surface area contributed by atoms with Crippen LogP contribution in [0, 0.1) is 4.77 Å². The molecule has 0 atom stereocenters. The molecule has 1 aromatic heterocycles. The summed E-state index contributed by atoms with van der Waals surface area (Å²) in [5.74, 6) is 0.696. The highest BCUT2D eigenvalue weighted by Gasteiger charge is 2.07. The van der Waals surface area contributed by atoms with E-state index in [-0.39, 0.29) is 0 Å². The number of aromatic nitrogens is 3. The van der Waals surface area contributed by atoms with E-state index < -0.39 is 0 Å². The van der Waals surface area contributed by atoms with Gasteiger partial charge in [-0.15, -0.1) is 0 Å². The van der Waals surface area contributed by atoms with Crippen LogP contribution < -0.4 is 4.90 Å². The lowest BCUT2D eigenvalue weighted by atomic mass is 10.2. The molecule has 128 valence electrons. The molecule has 0 aliphatic heterocycles. The molecule has 0 spiro atoms. The summed E-state index contributed by atoms with van der Waals surface area (Å²) >= 11 is 5.30. The molecule has 0 radical (unpaired) electrons. The Morgan fingerprint density at radius 2 is 1.76 bits per heavy atom. The Balaban J connectivity index is 1.86. The average Bonchev–Trinajstić information content (AvgIpc) is 3.03. The summed E-state index contributed by atoms with van der Waals surface area (Å²) in [4.78, 5) is 2.31. The molecule has 0 aliphatic carbocycles. The van der Waals surface area contributed by atoms with Gasteiger partial charge >= 0.3 is 0 Å². The summed E-state index contributed by atoms with van der Waals surface area (Å²) in [5.41, 5.74) is 3.19. The van der Waals surface area contributed by atoms with E-state index in [1.165, 1.54) is 5.69 Å². The molecule has 0 unspecified atom stereocenters. The first kappa shape index (κ1) is 17.1. The number of aromatic amines is 1. The first-order valence-electron chi connectivity index (χ1n) is 8.35. The van der Waals surface area contributed by atoms with Crippen LogP contribution in [-0.4, -0.2) is 34.2 Å². The molecule has 5 nitrogen and oxygen atoms in total. The van der Waals surface area contributed by atoms with Gasteiger partial charge in [-0.05, 0) is 43.8 Å². The van der Waals surface area contributed by atoms with Gasteiger partial charge in [0.15, 0.2) is 5.82 Å². The zero-order chi connectivity index (χ0) is 17.6. The van der Waals surface area contributed by atoms with Gasteiger partial charge in [0.2, 0.25) is 4.77 Å². The molecule has 1 heterocycles.